The molecule has 1 aromatic carbocycles. The summed E-state index contributed by atoms with van der Waals surface area (Å²) in [6.45, 7) is 1.01. The van der Waals surface area contributed by atoms with Gasteiger partial charge < -0.3 is 9.64 Å². The van der Waals surface area contributed by atoms with Crippen LogP contribution in [0, 0.1) is 0 Å². The zero-order valence-electron chi connectivity index (χ0n) is 13.9. The monoisotopic (exact) mass is 340 g/mol. The van der Waals surface area contributed by atoms with Crippen molar-refractivity contribution >= 4 is 15.9 Å². The molecule has 1 atom stereocenters. The lowest BCUT2D eigenvalue weighted by molar-refractivity contribution is 0.00858. The number of sulfonamides is 1. The van der Waals surface area contributed by atoms with E-state index in [2.05, 4.69) is 0 Å². The second kappa shape index (κ2) is 7.42. The van der Waals surface area contributed by atoms with Gasteiger partial charge in [-0.1, -0.05) is 6.07 Å². The van der Waals surface area contributed by atoms with Gasteiger partial charge in [-0.3, -0.25) is 4.79 Å². The number of carbonyl (C=O) groups is 1. The summed E-state index contributed by atoms with van der Waals surface area (Å²) in [6, 6.07) is 6.15. The molecule has 1 aliphatic heterocycles. The first-order valence-corrected chi connectivity index (χ1v) is 9.16. The van der Waals surface area contributed by atoms with E-state index in [1.165, 1.54) is 21.3 Å². The Kier molecular flexibility index (Phi) is 5.78. The van der Waals surface area contributed by atoms with E-state index in [4.69, 9.17) is 4.74 Å². The smallest absolute Gasteiger partial charge is 0.253 e. The third-order valence-corrected chi connectivity index (χ3v) is 5.75. The Morgan fingerprint density at radius 2 is 2.00 bits per heavy atom. The van der Waals surface area contributed by atoms with Gasteiger partial charge in [0.1, 0.15) is 0 Å². The molecule has 0 unspecified atom stereocenters. The van der Waals surface area contributed by atoms with E-state index in [0.29, 0.717) is 18.7 Å². The van der Waals surface area contributed by atoms with E-state index in [9.17, 15) is 13.2 Å². The number of amides is 1. The summed E-state index contributed by atoms with van der Waals surface area (Å²) in [5.41, 5.74) is 0.360. The molecule has 1 heterocycles. The van der Waals surface area contributed by atoms with Crippen molar-refractivity contribution in [3.63, 3.8) is 0 Å². The second-order valence-electron chi connectivity index (χ2n) is 6.00. The predicted octanol–water partition coefficient (Wildman–Crippen LogP) is 1.58. The molecular formula is C16H24N2O4S. The first-order valence-electron chi connectivity index (χ1n) is 7.72. The van der Waals surface area contributed by atoms with Crippen molar-refractivity contribution in [3.05, 3.63) is 29.8 Å². The summed E-state index contributed by atoms with van der Waals surface area (Å²) < 4.78 is 32.3. The molecule has 1 fully saturated rings. The number of nitrogens with zero attached hydrogens (tertiary/aromatic N) is 2. The number of likely N-dealkylation sites (N-methyl/N-ethyl adjacent to an activating group) is 1. The van der Waals surface area contributed by atoms with Crippen molar-refractivity contribution in [1.82, 2.24) is 9.21 Å². The summed E-state index contributed by atoms with van der Waals surface area (Å²) >= 11 is 0. The van der Waals surface area contributed by atoms with Crippen molar-refractivity contribution in [3.8, 4) is 0 Å². The van der Waals surface area contributed by atoms with Crippen LogP contribution in [0.4, 0.5) is 0 Å². The van der Waals surface area contributed by atoms with Crippen LogP contribution in [0.1, 0.15) is 29.6 Å². The van der Waals surface area contributed by atoms with Crippen LogP contribution < -0.4 is 0 Å². The molecule has 0 radical (unpaired) electrons. The van der Waals surface area contributed by atoms with Gasteiger partial charge in [-0.2, -0.15) is 4.31 Å². The molecule has 23 heavy (non-hydrogen) atoms. The number of carbonyl (C=O) groups excluding carboxylic acids is 1. The Balaban J connectivity index is 2.18. The van der Waals surface area contributed by atoms with Crippen molar-refractivity contribution in [2.24, 2.45) is 0 Å². The SMILES string of the molecule is CN(C)C(=O)c1cccc(S(=O)(=O)N(C)C[C@@H]2CCCCO2)c1. The minimum Gasteiger partial charge on any atom is -0.377 e. The fourth-order valence-corrected chi connectivity index (χ4v) is 3.81. The highest BCUT2D eigenvalue weighted by Crippen LogP contribution is 2.20. The van der Waals surface area contributed by atoms with Crippen LogP contribution in [0.15, 0.2) is 29.2 Å². The summed E-state index contributed by atoms with van der Waals surface area (Å²) in [4.78, 5) is 13.6. The lowest BCUT2D eigenvalue weighted by atomic mass is 10.1. The number of hydrogen-bond donors (Lipinski definition) is 0. The van der Waals surface area contributed by atoms with Gasteiger partial charge in [0.15, 0.2) is 0 Å². The van der Waals surface area contributed by atoms with Crippen LogP contribution >= 0.6 is 0 Å². The van der Waals surface area contributed by atoms with Crippen molar-refractivity contribution in [2.75, 3.05) is 34.3 Å². The van der Waals surface area contributed by atoms with E-state index in [-0.39, 0.29) is 16.9 Å². The maximum absolute atomic E-state index is 12.7. The number of hydrogen-bond acceptors (Lipinski definition) is 4. The first kappa shape index (κ1) is 17.9. The highest BCUT2D eigenvalue weighted by Gasteiger charge is 2.26. The van der Waals surface area contributed by atoms with E-state index < -0.39 is 10.0 Å². The lowest BCUT2D eigenvalue weighted by Crippen LogP contribution is -2.37. The third kappa shape index (κ3) is 4.31. The Morgan fingerprint density at radius 1 is 1.26 bits per heavy atom. The summed E-state index contributed by atoms with van der Waals surface area (Å²) in [7, 11) is 1.18. The van der Waals surface area contributed by atoms with Crippen LogP contribution in [0.3, 0.4) is 0 Å². The molecule has 0 aliphatic carbocycles. The van der Waals surface area contributed by atoms with Gasteiger partial charge in [0.25, 0.3) is 5.91 Å². The summed E-state index contributed by atoms with van der Waals surface area (Å²) in [5.74, 6) is -0.222. The minimum absolute atomic E-state index is 0.0601. The van der Waals surface area contributed by atoms with Crippen LogP contribution in [0.25, 0.3) is 0 Å². The Hall–Kier alpha value is -1.44. The maximum atomic E-state index is 12.7. The van der Waals surface area contributed by atoms with Gasteiger partial charge in [-0.15, -0.1) is 0 Å². The third-order valence-electron chi connectivity index (χ3n) is 3.93. The van der Waals surface area contributed by atoms with Gasteiger partial charge in [-0.05, 0) is 37.5 Å². The number of benzene rings is 1. The second-order valence-corrected chi connectivity index (χ2v) is 8.05. The maximum Gasteiger partial charge on any atom is 0.253 e. The Morgan fingerprint density at radius 3 is 2.61 bits per heavy atom. The molecule has 1 aliphatic rings. The van der Waals surface area contributed by atoms with E-state index in [1.54, 1.807) is 33.3 Å². The molecule has 6 nitrogen and oxygen atoms in total. The van der Waals surface area contributed by atoms with Gasteiger partial charge in [-0.25, -0.2) is 8.42 Å². The average Bonchev–Trinajstić information content (AvgIpc) is 2.55. The molecule has 0 spiro atoms. The molecule has 1 aromatic rings. The lowest BCUT2D eigenvalue weighted by Gasteiger charge is -2.27. The minimum atomic E-state index is -3.64. The topological polar surface area (TPSA) is 66.9 Å². The average molecular weight is 340 g/mol. The number of ether oxygens (including phenoxy) is 1. The summed E-state index contributed by atoms with van der Waals surface area (Å²) in [6.07, 6.45) is 2.90. The molecule has 1 amide bonds. The van der Waals surface area contributed by atoms with Gasteiger partial charge in [0, 0.05) is 39.9 Å². The molecule has 0 aromatic heterocycles. The highest BCUT2D eigenvalue weighted by molar-refractivity contribution is 7.89. The van der Waals surface area contributed by atoms with Crippen molar-refractivity contribution in [2.45, 2.75) is 30.3 Å². The van der Waals surface area contributed by atoms with Crippen LogP contribution in [0.5, 0.6) is 0 Å². The normalized spacial score (nSPS) is 18.9. The van der Waals surface area contributed by atoms with Crippen molar-refractivity contribution in [1.29, 1.82) is 0 Å². The van der Waals surface area contributed by atoms with Crippen LogP contribution in [0.2, 0.25) is 0 Å². The van der Waals surface area contributed by atoms with Gasteiger partial charge >= 0.3 is 0 Å². The zero-order chi connectivity index (χ0) is 17.0. The van der Waals surface area contributed by atoms with Crippen LogP contribution in [-0.2, 0) is 14.8 Å². The molecule has 0 N–H and O–H groups in total. The predicted molar refractivity (Wildman–Crippen MR) is 87.9 cm³/mol. The molecule has 1 saturated heterocycles. The fraction of sp³-hybridized carbons (Fsp3) is 0.562. The molecule has 2 rings (SSSR count). The molecule has 0 bridgehead atoms. The standard InChI is InChI=1S/C16H24N2O4S/c1-17(2)16(19)13-7-6-9-15(11-13)23(20,21)18(3)12-14-8-4-5-10-22-14/h6-7,9,11,14H,4-5,8,10,12H2,1-3H3/t14-/m0/s1. The molecular weight excluding hydrogens is 316 g/mol. The van der Waals surface area contributed by atoms with Crippen LogP contribution in [-0.4, -0.2) is 63.9 Å². The molecule has 7 heteroatoms. The molecule has 0 saturated carbocycles. The van der Waals surface area contributed by atoms with Gasteiger partial charge in [0.2, 0.25) is 10.0 Å². The van der Waals surface area contributed by atoms with E-state index in [0.717, 1.165) is 19.3 Å². The first-order chi connectivity index (χ1) is 10.8. The highest BCUT2D eigenvalue weighted by atomic mass is 32.2. The van der Waals surface area contributed by atoms with Gasteiger partial charge in [0.05, 0.1) is 11.0 Å². The summed E-state index contributed by atoms with van der Waals surface area (Å²) in [5, 5.41) is 0. The van der Waals surface area contributed by atoms with E-state index in [1.807, 2.05) is 0 Å². The fourth-order valence-electron chi connectivity index (χ4n) is 2.56. The Bertz CT molecular complexity index is 652. The number of rotatable bonds is 5. The largest absolute Gasteiger partial charge is 0.377 e. The Labute approximate surface area is 138 Å². The quantitative estimate of drug-likeness (QED) is 0.816. The molecule has 128 valence electrons. The zero-order valence-corrected chi connectivity index (χ0v) is 14.7. The van der Waals surface area contributed by atoms with Crippen molar-refractivity contribution < 1.29 is 17.9 Å². The van der Waals surface area contributed by atoms with E-state index >= 15 is 0 Å².